The summed E-state index contributed by atoms with van der Waals surface area (Å²) in [6.45, 7) is 0. The molecule has 10 aromatic carbocycles. The van der Waals surface area contributed by atoms with Crippen LogP contribution in [0.2, 0.25) is 0 Å². The molecule has 0 saturated heterocycles. The van der Waals surface area contributed by atoms with Gasteiger partial charge < -0.3 is 8.98 Å². The second kappa shape index (κ2) is 13.6. The van der Waals surface area contributed by atoms with E-state index in [1.807, 2.05) is 12.1 Å². The fourth-order valence-corrected chi connectivity index (χ4v) is 9.91. The molecule has 0 aliphatic carbocycles. The predicted molar refractivity (Wildman–Crippen MR) is 260 cm³/mol. The van der Waals surface area contributed by atoms with Gasteiger partial charge >= 0.3 is 0 Å². The van der Waals surface area contributed by atoms with Crippen molar-refractivity contribution in [3.05, 3.63) is 218 Å². The van der Waals surface area contributed by atoms with Crippen LogP contribution in [0.25, 0.3) is 127 Å². The van der Waals surface area contributed by atoms with Gasteiger partial charge in [0, 0.05) is 38.4 Å². The fourth-order valence-electron chi connectivity index (χ4n) is 9.91. The van der Waals surface area contributed by atoms with Gasteiger partial charge in [-0.15, -0.1) is 0 Å². The number of hydrogen-bond donors (Lipinski definition) is 0. The Balaban J connectivity index is 1.10. The van der Waals surface area contributed by atoms with E-state index in [9.17, 15) is 0 Å². The van der Waals surface area contributed by atoms with E-state index in [0.29, 0.717) is 0 Å². The number of hydrogen-bond acceptors (Lipinski definition) is 2. The molecule has 0 atom stereocenters. The van der Waals surface area contributed by atoms with Crippen molar-refractivity contribution in [2.45, 2.75) is 0 Å². The molecular weight excluding hydrogens is 753 g/mol. The van der Waals surface area contributed by atoms with E-state index in [-0.39, 0.29) is 0 Å². The number of furan rings is 1. The second-order valence-electron chi connectivity index (χ2n) is 16.3. The molecule has 3 heteroatoms. The van der Waals surface area contributed by atoms with Gasteiger partial charge in [-0.05, 0) is 115 Å². The van der Waals surface area contributed by atoms with Crippen LogP contribution in [0.3, 0.4) is 0 Å². The van der Waals surface area contributed by atoms with E-state index in [0.717, 1.165) is 83.4 Å². The molecule has 3 nitrogen and oxygen atoms in total. The smallest absolute Gasteiger partial charge is 0.144 e. The molecule has 0 amide bonds. The lowest BCUT2D eigenvalue weighted by Crippen LogP contribution is -1.97. The zero-order chi connectivity index (χ0) is 40.7. The van der Waals surface area contributed by atoms with Crippen molar-refractivity contribution in [2.75, 3.05) is 0 Å². The normalized spacial score (nSPS) is 11.9. The Morgan fingerprint density at radius 2 is 0.839 bits per heavy atom. The van der Waals surface area contributed by atoms with E-state index in [4.69, 9.17) is 9.40 Å². The Morgan fingerprint density at radius 1 is 0.306 bits per heavy atom. The van der Waals surface area contributed by atoms with E-state index in [1.54, 1.807) is 0 Å². The van der Waals surface area contributed by atoms with Crippen molar-refractivity contribution < 1.29 is 4.42 Å². The molecule has 0 unspecified atom stereocenters. The van der Waals surface area contributed by atoms with Crippen molar-refractivity contribution >= 4 is 76.1 Å². The fraction of sp³-hybridized carbons (Fsp3) is 0. The van der Waals surface area contributed by atoms with E-state index < -0.39 is 0 Å². The lowest BCUT2D eigenvalue weighted by Gasteiger charge is -2.16. The monoisotopic (exact) mass is 788 g/mol. The summed E-state index contributed by atoms with van der Waals surface area (Å²) in [5, 5.41) is 12.2. The quantitative estimate of drug-likeness (QED) is 0.163. The molecule has 288 valence electrons. The second-order valence-corrected chi connectivity index (χ2v) is 16.3. The summed E-state index contributed by atoms with van der Waals surface area (Å²) < 4.78 is 9.02. The number of pyridine rings is 1. The lowest BCUT2D eigenvalue weighted by atomic mass is 9.91. The van der Waals surface area contributed by atoms with Gasteiger partial charge in [-0.25, -0.2) is 4.98 Å². The first-order valence-corrected chi connectivity index (χ1v) is 21.2. The number of para-hydroxylation sites is 4. The molecule has 0 bridgehead atoms. The van der Waals surface area contributed by atoms with E-state index in [1.165, 1.54) is 43.1 Å². The molecule has 0 fully saturated rings. The van der Waals surface area contributed by atoms with Crippen LogP contribution in [-0.2, 0) is 0 Å². The SMILES string of the molecule is c1ccc(-c2cc(-c3cc(-c4ccc5c6ccccc6c6ccccc6c5c4)cc(-n4c5ccccc5c5ccccc54)c3)nc(-c3cccc4c3oc3ccccc34)c2)cc1. The van der Waals surface area contributed by atoms with Crippen molar-refractivity contribution in [3.8, 4) is 50.5 Å². The van der Waals surface area contributed by atoms with Crippen molar-refractivity contribution in [1.82, 2.24) is 9.55 Å². The third-order valence-electron chi connectivity index (χ3n) is 12.7. The Hall–Kier alpha value is -8.27. The Labute approximate surface area is 357 Å². The van der Waals surface area contributed by atoms with Gasteiger partial charge in [0.1, 0.15) is 11.2 Å². The van der Waals surface area contributed by atoms with Crippen LogP contribution in [0.1, 0.15) is 0 Å². The standard InChI is InChI=1S/C59H36N2O/c1-2-15-37(16-3-1)40-35-54(60-55(36-40)52-25-14-24-51-50-23-10-13-28-58(50)62-59(51)52)41-31-39(32-42(33-41)61-56-26-11-8-21-48(56)49-22-9-12-27-57(49)61)38-29-30-47-45-19-5-4-17-43(45)44-18-6-7-20-46(44)53(47)34-38/h1-36H. The third kappa shape index (κ3) is 5.35. The molecule has 62 heavy (non-hydrogen) atoms. The molecule has 13 aromatic rings. The minimum Gasteiger partial charge on any atom is -0.455 e. The largest absolute Gasteiger partial charge is 0.455 e. The minimum absolute atomic E-state index is 0.841. The van der Waals surface area contributed by atoms with Crippen LogP contribution < -0.4 is 0 Å². The van der Waals surface area contributed by atoms with Gasteiger partial charge in [-0.3, -0.25) is 0 Å². The van der Waals surface area contributed by atoms with Crippen LogP contribution in [0.4, 0.5) is 0 Å². The zero-order valence-electron chi connectivity index (χ0n) is 33.6. The summed E-state index contributed by atoms with van der Waals surface area (Å²) in [5.41, 5.74) is 13.3. The Morgan fingerprint density at radius 3 is 1.55 bits per heavy atom. The molecule has 0 N–H and O–H groups in total. The first-order valence-electron chi connectivity index (χ1n) is 21.2. The lowest BCUT2D eigenvalue weighted by molar-refractivity contribution is 0.670. The zero-order valence-corrected chi connectivity index (χ0v) is 33.6. The number of nitrogens with zero attached hydrogens (tertiary/aromatic N) is 2. The van der Waals surface area contributed by atoms with Gasteiger partial charge in [0.15, 0.2) is 0 Å². The molecule has 13 rings (SSSR count). The molecule has 0 radical (unpaired) electrons. The van der Waals surface area contributed by atoms with E-state index >= 15 is 0 Å². The van der Waals surface area contributed by atoms with Gasteiger partial charge in [0.05, 0.1) is 22.4 Å². The molecule has 3 aromatic heterocycles. The highest BCUT2D eigenvalue weighted by atomic mass is 16.3. The first-order chi connectivity index (χ1) is 30.7. The highest BCUT2D eigenvalue weighted by Crippen LogP contribution is 2.42. The summed E-state index contributed by atoms with van der Waals surface area (Å²) in [7, 11) is 0. The van der Waals surface area contributed by atoms with Crippen molar-refractivity contribution in [1.29, 1.82) is 0 Å². The maximum absolute atomic E-state index is 6.61. The highest BCUT2D eigenvalue weighted by molar-refractivity contribution is 6.25. The number of aromatic nitrogens is 2. The Bertz CT molecular complexity index is 3840. The molecule has 0 aliphatic rings. The summed E-state index contributed by atoms with van der Waals surface area (Å²) in [5.74, 6) is 0. The van der Waals surface area contributed by atoms with Gasteiger partial charge in [0.2, 0.25) is 0 Å². The van der Waals surface area contributed by atoms with E-state index in [2.05, 4.69) is 211 Å². The van der Waals surface area contributed by atoms with Crippen LogP contribution in [0.5, 0.6) is 0 Å². The molecule has 0 saturated carbocycles. The Kier molecular flexibility index (Phi) is 7.60. The van der Waals surface area contributed by atoms with Crippen molar-refractivity contribution in [3.63, 3.8) is 0 Å². The van der Waals surface area contributed by atoms with Gasteiger partial charge in [0.25, 0.3) is 0 Å². The maximum Gasteiger partial charge on any atom is 0.144 e. The minimum atomic E-state index is 0.841. The highest BCUT2D eigenvalue weighted by Gasteiger charge is 2.19. The average molecular weight is 789 g/mol. The summed E-state index contributed by atoms with van der Waals surface area (Å²) in [4.78, 5) is 5.56. The van der Waals surface area contributed by atoms with Crippen LogP contribution in [0.15, 0.2) is 223 Å². The predicted octanol–water partition coefficient (Wildman–Crippen LogP) is 16.2. The topological polar surface area (TPSA) is 31.0 Å². The molecular formula is C59H36N2O. The van der Waals surface area contributed by atoms with Gasteiger partial charge in [-0.1, -0.05) is 158 Å². The number of benzene rings is 10. The van der Waals surface area contributed by atoms with Crippen LogP contribution in [-0.4, -0.2) is 9.55 Å². The molecule has 0 spiro atoms. The van der Waals surface area contributed by atoms with Gasteiger partial charge in [-0.2, -0.15) is 0 Å². The summed E-state index contributed by atoms with van der Waals surface area (Å²) in [6.07, 6.45) is 0. The number of fused-ring (bicyclic) bond motifs is 12. The molecule has 0 aliphatic heterocycles. The maximum atomic E-state index is 6.61. The third-order valence-corrected chi connectivity index (χ3v) is 12.7. The first kappa shape index (κ1) is 34.6. The van der Waals surface area contributed by atoms with Crippen LogP contribution >= 0.6 is 0 Å². The summed E-state index contributed by atoms with van der Waals surface area (Å²) in [6, 6.07) is 78.7. The number of rotatable bonds is 5. The van der Waals surface area contributed by atoms with Crippen LogP contribution in [0, 0.1) is 0 Å². The van der Waals surface area contributed by atoms with Crippen molar-refractivity contribution in [2.24, 2.45) is 0 Å². The molecule has 3 heterocycles. The summed E-state index contributed by atoms with van der Waals surface area (Å²) >= 11 is 0. The average Bonchev–Trinajstić information content (AvgIpc) is 3.90.